The first kappa shape index (κ1) is 29.7. The van der Waals surface area contributed by atoms with Crippen molar-refractivity contribution in [2.24, 2.45) is 4.99 Å². The molecule has 216 valence electrons. The summed E-state index contributed by atoms with van der Waals surface area (Å²) < 4.78 is 6.92. The van der Waals surface area contributed by atoms with Crippen LogP contribution in [0.4, 0.5) is 5.69 Å². The molecule has 0 saturated heterocycles. The number of anilines is 1. The van der Waals surface area contributed by atoms with E-state index in [9.17, 15) is 14.4 Å². The van der Waals surface area contributed by atoms with Crippen LogP contribution in [0.3, 0.4) is 0 Å². The molecule has 0 saturated carbocycles. The summed E-state index contributed by atoms with van der Waals surface area (Å²) >= 11 is 0. The predicted molar refractivity (Wildman–Crippen MR) is 161 cm³/mol. The average Bonchev–Trinajstić information content (AvgIpc) is 3.50. The van der Waals surface area contributed by atoms with Crippen molar-refractivity contribution in [2.45, 2.75) is 58.5 Å². The Balaban J connectivity index is 1.55. The smallest absolute Gasteiger partial charge is 0.303 e. The molecule has 0 radical (unpaired) electrons. The fourth-order valence-electron chi connectivity index (χ4n) is 5.09. The minimum Gasteiger partial charge on any atom is -0.481 e. The first-order chi connectivity index (χ1) is 19.7. The maximum atomic E-state index is 13.6. The Hall–Kier alpha value is -4.24. The molecule has 2 unspecified atom stereocenters. The van der Waals surface area contributed by atoms with Crippen LogP contribution in [0.1, 0.15) is 59.8 Å². The summed E-state index contributed by atoms with van der Waals surface area (Å²) in [5.41, 5.74) is 6.13. The number of carboxylic acid groups (broad SMARTS) is 1. The van der Waals surface area contributed by atoms with Gasteiger partial charge in [-0.05, 0) is 86.6 Å². The second-order valence-corrected chi connectivity index (χ2v) is 10.6. The Bertz CT molecular complexity index is 1500. The van der Waals surface area contributed by atoms with Gasteiger partial charge in [0.2, 0.25) is 5.91 Å². The number of hydrogen-bond acceptors (Lipinski definition) is 5. The molecule has 2 heterocycles. The first-order valence-corrected chi connectivity index (χ1v) is 13.9. The number of ether oxygens (including phenoxy) is 1. The van der Waals surface area contributed by atoms with Gasteiger partial charge >= 0.3 is 5.97 Å². The van der Waals surface area contributed by atoms with E-state index in [1.807, 2.05) is 68.1 Å². The third-order valence-corrected chi connectivity index (χ3v) is 7.32. The standard InChI is InChI=1S/C32H38N4O5/c1-20-14-26(34-18-20)15-23-8-9-24(6-5-7-30(37)38)28(16-23)35-31(39)22(3)36-19-21(2)27-17-25(10-11-29(27)36)32(40)33-12-13-41-4/h8-11,14,16-19,22,26H,5-7,12-13,15H2,1-4H3,(H,33,40)(H,35,39)(H,37,38). The lowest BCUT2D eigenvalue weighted by Gasteiger charge is -2.19. The van der Waals surface area contributed by atoms with Crippen molar-refractivity contribution in [3.05, 3.63) is 76.5 Å². The molecule has 3 N–H and O–H groups in total. The van der Waals surface area contributed by atoms with Gasteiger partial charge in [-0.2, -0.15) is 0 Å². The number of carbonyl (C=O) groups is 3. The molecule has 2 aromatic carbocycles. The Morgan fingerprint density at radius 2 is 1.95 bits per heavy atom. The topological polar surface area (TPSA) is 122 Å². The van der Waals surface area contributed by atoms with E-state index in [0.29, 0.717) is 43.7 Å². The predicted octanol–water partition coefficient (Wildman–Crippen LogP) is 4.87. The van der Waals surface area contributed by atoms with Gasteiger partial charge in [0.05, 0.1) is 12.6 Å². The molecular weight excluding hydrogens is 520 g/mol. The quantitative estimate of drug-likeness (QED) is 0.258. The highest BCUT2D eigenvalue weighted by Crippen LogP contribution is 2.28. The van der Waals surface area contributed by atoms with Crippen molar-refractivity contribution in [1.82, 2.24) is 9.88 Å². The van der Waals surface area contributed by atoms with E-state index < -0.39 is 12.0 Å². The maximum absolute atomic E-state index is 13.6. The van der Waals surface area contributed by atoms with Crippen LogP contribution in [-0.2, 0) is 27.2 Å². The summed E-state index contributed by atoms with van der Waals surface area (Å²) in [7, 11) is 1.59. The number of nitrogens with zero attached hydrogens (tertiary/aromatic N) is 2. The van der Waals surface area contributed by atoms with Gasteiger partial charge < -0.3 is 25.0 Å². The summed E-state index contributed by atoms with van der Waals surface area (Å²) in [5.74, 6) is -1.20. The van der Waals surface area contributed by atoms with Crippen LogP contribution in [0.5, 0.6) is 0 Å². The summed E-state index contributed by atoms with van der Waals surface area (Å²) in [4.78, 5) is 41.7. The lowest BCUT2D eigenvalue weighted by molar-refractivity contribution is -0.137. The Morgan fingerprint density at radius 3 is 2.66 bits per heavy atom. The van der Waals surface area contributed by atoms with Crippen LogP contribution >= 0.6 is 0 Å². The van der Waals surface area contributed by atoms with Gasteiger partial charge in [0.25, 0.3) is 5.91 Å². The summed E-state index contributed by atoms with van der Waals surface area (Å²) in [6.45, 7) is 6.68. The molecular formula is C32H38N4O5. The number of amides is 2. The van der Waals surface area contributed by atoms with Crippen molar-refractivity contribution in [2.75, 3.05) is 25.6 Å². The molecule has 41 heavy (non-hydrogen) atoms. The number of methoxy groups -OCH3 is 1. The molecule has 2 amide bonds. The van der Waals surface area contributed by atoms with Gasteiger partial charge in [0.15, 0.2) is 0 Å². The lowest BCUT2D eigenvalue weighted by Crippen LogP contribution is -2.26. The number of aryl methyl sites for hydroxylation is 2. The molecule has 0 spiro atoms. The number of hydrogen-bond donors (Lipinski definition) is 3. The van der Waals surface area contributed by atoms with Crippen LogP contribution in [0.15, 0.2) is 59.2 Å². The molecule has 0 bridgehead atoms. The van der Waals surface area contributed by atoms with Gasteiger partial charge in [-0.1, -0.05) is 18.2 Å². The van der Waals surface area contributed by atoms with Crippen LogP contribution < -0.4 is 10.6 Å². The van der Waals surface area contributed by atoms with Crippen LogP contribution in [0, 0.1) is 6.92 Å². The van der Waals surface area contributed by atoms with Gasteiger partial charge in [-0.15, -0.1) is 0 Å². The van der Waals surface area contributed by atoms with E-state index in [0.717, 1.165) is 33.2 Å². The van der Waals surface area contributed by atoms with Crippen molar-refractivity contribution in [1.29, 1.82) is 0 Å². The average molecular weight is 559 g/mol. The maximum Gasteiger partial charge on any atom is 0.303 e. The number of rotatable bonds is 13. The minimum absolute atomic E-state index is 0.0629. The van der Waals surface area contributed by atoms with E-state index in [1.54, 1.807) is 13.2 Å². The zero-order valence-electron chi connectivity index (χ0n) is 24.1. The van der Waals surface area contributed by atoms with Crippen LogP contribution in [-0.4, -0.2) is 60.0 Å². The molecule has 0 aliphatic carbocycles. The fourth-order valence-corrected chi connectivity index (χ4v) is 5.09. The number of carboxylic acids is 1. The molecule has 4 rings (SSSR count). The minimum atomic E-state index is -0.840. The monoisotopic (exact) mass is 558 g/mol. The molecule has 2 atom stereocenters. The van der Waals surface area contributed by atoms with Crippen molar-refractivity contribution < 1.29 is 24.2 Å². The van der Waals surface area contributed by atoms with E-state index in [-0.39, 0.29) is 24.3 Å². The zero-order chi connectivity index (χ0) is 29.5. The number of fused-ring (bicyclic) bond motifs is 1. The SMILES string of the molecule is COCCNC(=O)c1ccc2c(c1)c(C)cn2C(C)C(=O)Nc1cc(CC2C=C(C)C=N2)ccc1CCCC(=O)O. The summed E-state index contributed by atoms with van der Waals surface area (Å²) in [5, 5.41) is 16.0. The molecule has 1 aliphatic heterocycles. The Morgan fingerprint density at radius 1 is 1.15 bits per heavy atom. The number of aromatic nitrogens is 1. The second-order valence-electron chi connectivity index (χ2n) is 10.6. The number of benzene rings is 2. The van der Waals surface area contributed by atoms with Gasteiger partial charge in [0.1, 0.15) is 6.04 Å². The highest BCUT2D eigenvalue weighted by Gasteiger charge is 2.21. The van der Waals surface area contributed by atoms with Crippen molar-refractivity contribution in [3.8, 4) is 0 Å². The van der Waals surface area contributed by atoms with E-state index in [1.165, 1.54) is 0 Å². The van der Waals surface area contributed by atoms with E-state index in [4.69, 9.17) is 9.84 Å². The highest BCUT2D eigenvalue weighted by molar-refractivity contribution is 6.00. The zero-order valence-corrected chi connectivity index (χ0v) is 24.1. The molecule has 0 fully saturated rings. The van der Waals surface area contributed by atoms with Crippen molar-refractivity contribution in [3.63, 3.8) is 0 Å². The van der Waals surface area contributed by atoms with Gasteiger partial charge in [-0.3, -0.25) is 19.4 Å². The molecule has 1 aliphatic rings. The fraction of sp³-hybridized carbons (Fsp3) is 0.375. The molecule has 9 nitrogen and oxygen atoms in total. The number of aliphatic imine (C=N–C) groups is 1. The number of carbonyl (C=O) groups excluding carboxylic acids is 2. The molecule has 1 aromatic heterocycles. The number of nitrogens with one attached hydrogen (secondary N) is 2. The van der Waals surface area contributed by atoms with Crippen LogP contribution in [0.25, 0.3) is 10.9 Å². The third-order valence-electron chi connectivity index (χ3n) is 7.32. The normalized spacial score (nSPS) is 15.1. The summed E-state index contributed by atoms with van der Waals surface area (Å²) in [6.07, 6.45) is 7.71. The van der Waals surface area contributed by atoms with Gasteiger partial charge in [-0.25, -0.2) is 0 Å². The highest BCUT2D eigenvalue weighted by atomic mass is 16.5. The van der Waals surface area contributed by atoms with E-state index in [2.05, 4.69) is 21.7 Å². The third kappa shape index (κ3) is 7.49. The summed E-state index contributed by atoms with van der Waals surface area (Å²) in [6, 6.07) is 11.0. The first-order valence-electron chi connectivity index (χ1n) is 13.9. The van der Waals surface area contributed by atoms with Crippen molar-refractivity contribution >= 4 is 40.6 Å². The lowest BCUT2D eigenvalue weighted by atomic mass is 9.99. The van der Waals surface area contributed by atoms with Crippen LogP contribution in [0.2, 0.25) is 0 Å². The largest absolute Gasteiger partial charge is 0.481 e. The Kier molecular flexibility index (Phi) is 9.73. The molecule has 9 heteroatoms. The number of allylic oxidation sites excluding steroid dienone is 1. The number of aliphatic carboxylic acids is 1. The molecule has 3 aromatic rings. The van der Waals surface area contributed by atoms with E-state index >= 15 is 0 Å². The van der Waals surface area contributed by atoms with Gasteiger partial charge in [0, 0.05) is 54.6 Å². The second kappa shape index (κ2) is 13.4. The Labute approximate surface area is 240 Å².